The zero-order valence-electron chi connectivity index (χ0n) is 20.1. The second-order valence-electron chi connectivity index (χ2n) is 8.53. The molecule has 5 rings (SSSR count). The van der Waals surface area contributed by atoms with Gasteiger partial charge in [0.05, 0.1) is 10.6 Å². The van der Waals surface area contributed by atoms with Crippen LogP contribution in [0, 0.1) is 13.8 Å². The molecule has 186 valence electrons. The van der Waals surface area contributed by atoms with Gasteiger partial charge in [-0.15, -0.1) is 0 Å². The lowest BCUT2D eigenvalue weighted by Crippen LogP contribution is -2.27. The Hall–Kier alpha value is -3.45. The average molecular weight is 549 g/mol. The summed E-state index contributed by atoms with van der Waals surface area (Å²) < 4.78 is 8.01. The molecule has 0 unspecified atom stereocenters. The number of nitrogens with zero attached hydrogens (tertiary/aromatic N) is 2. The first-order valence-electron chi connectivity index (χ1n) is 11.5. The van der Waals surface area contributed by atoms with Gasteiger partial charge in [0.15, 0.2) is 0 Å². The second-order valence-corrected chi connectivity index (χ2v) is 10.4. The number of para-hydroxylation sites is 1. The lowest BCUT2D eigenvalue weighted by atomic mass is 10.2. The van der Waals surface area contributed by atoms with Crippen LogP contribution in [0.25, 0.3) is 11.8 Å². The van der Waals surface area contributed by atoms with Crippen LogP contribution in [0.5, 0.6) is 5.75 Å². The molecular weight excluding hydrogens is 527 g/mol. The van der Waals surface area contributed by atoms with Crippen LogP contribution in [-0.2, 0) is 11.4 Å². The molecule has 1 aliphatic heterocycles. The lowest BCUT2D eigenvalue weighted by Gasteiger charge is -2.12. The number of ether oxygens (including phenoxy) is 1. The van der Waals surface area contributed by atoms with Crippen LogP contribution in [0.1, 0.15) is 22.5 Å². The van der Waals surface area contributed by atoms with Gasteiger partial charge in [-0.2, -0.15) is 0 Å². The molecular formula is C29H22Cl2N2O3S. The first-order valence-corrected chi connectivity index (χ1v) is 13.1. The quantitative estimate of drug-likeness (QED) is 0.228. The highest BCUT2D eigenvalue weighted by Crippen LogP contribution is 2.36. The normalized spacial score (nSPS) is 14.6. The number of amides is 2. The molecule has 0 spiro atoms. The summed E-state index contributed by atoms with van der Waals surface area (Å²) in [6.45, 7) is 4.33. The van der Waals surface area contributed by atoms with Gasteiger partial charge in [0, 0.05) is 32.7 Å². The third-order valence-electron chi connectivity index (χ3n) is 6.07. The van der Waals surface area contributed by atoms with Crippen molar-refractivity contribution in [2.45, 2.75) is 20.5 Å². The SMILES string of the molecule is Cc1cc(C=C2SC(=O)N(c3ccccc3)C2=O)c(C)n1-c1ccc(OCc2ccc(Cl)cc2Cl)cc1. The van der Waals surface area contributed by atoms with E-state index < -0.39 is 0 Å². The van der Waals surface area contributed by atoms with E-state index in [1.54, 1.807) is 42.5 Å². The molecule has 0 atom stereocenters. The van der Waals surface area contributed by atoms with Crippen molar-refractivity contribution in [3.63, 3.8) is 0 Å². The Kier molecular flexibility index (Phi) is 7.15. The molecule has 0 saturated carbocycles. The summed E-state index contributed by atoms with van der Waals surface area (Å²) in [5, 5.41) is 0.852. The molecule has 1 aromatic heterocycles. The number of aromatic nitrogens is 1. The summed E-state index contributed by atoms with van der Waals surface area (Å²) in [6, 6.07) is 24.1. The third-order valence-corrected chi connectivity index (χ3v) is 7.53. The van der Waals surface area contributed by atoms with Gasteiger partial charge in [-0.3, -0.25) is 9.59 Å². The minimum absolute atomic E-state index is 0.299. The number of rotatable bonds is 6. The Labute approximate surface area is 229 Å². The topological polar surface area (TPSA) is 51.5 Å². The number of carbonyl (C=O) groups excluding carboxylic acids is 2. The summed E-state index contributed by atoms with van der Waals surface area (Å²) in [5.74, 6) is 0.403. The number of hydrogen-bond donors (Lipinski definition) is 0. The molecule has 2 heterocycles. The molecule has 2 amide bonds. The first-order chi connectivity index (χ1) is 17.8. The van der Waals surface area contributed by atoms with Gasteiger partial charge in [-0.1, -0.05) is 47.5 Å². The molecule has 1 fully saturated rings. The van der Waals surface area contributed by atoms with E-state index in [0.717, 1.165) is 40.0 Å². The zero-order chi connectivity index (χ0) is 26.1. The predicted molar refractivity (Wildman–Crippen MR) is 151 cm³/mol. The minimum atomic E-state index is -0.312. The lowest BCUT2D eigenvalue weighted by molar-refractivity contribution is -0.113. The van der Waals surface area contributed by atoms with E-state index in [-0.39, 0.29) is 11.1 Å². The summed E-state index contributed by atoms with van der Waals surface area (Å²) in [6.07, 6.45) is 1.79. The highest BCUT2D eigenvalue weighted by Gasteiger charge is 2.36. The van der Waals surface area contributed by atoms with E-state index in [9.17, 15) is 9.59 Å². The Morgan fingerprint density at radius 2 is 1.62 bits per heavy atom. The van der Waals surface area contributed by atoms with Crippen LogP contribution in [0.3, 0.4) is 0 Å². The number of benzene rings is 3. The monoisotopic (exact) mass is 548 g/mol. The van der Waals surface area contributed by atoms with Crippen molar-refractivity contribution >= 4 is 57.9 Å². The Bertz CT molecular complexity index is 1530. The largest absolute Gasteiger partial charge is 0.489 e. The fourth-order valence-corrected chi connectivity index (χ4v) is 5.53. The van der Waals surface area contributed by atoms with E-state index in [2.05, 4.69) is 4.57 Å². The standard InChI is InChI=1S/C29H22Cl2N2O3S/c1-18-14-21(15-27-28(34)33(29(35)37-27)23-6-4-3-5-7-23)19(2)32(18)24-10-12-25(13-11-24)36-17-20-8-9-22(30)16-26(20)31/h3-16H,17H2,1-2H3. The van der Waals surface area contributed by atoms with Gasteiger partial charge in [0.1, 0.15) is 12.4 Å². The molecule has 1 saturated heterocycles. The molecule has 0 radical (unpaired) electrons. The molecule has 0 aliphatic carbocycles. The van der Waals surface area contributed by atoms with Crippen molar-refractivity contribution in [1.29, 1.82) is 0 Å². The Balaban J connectivity index is 1.35. The molecule has 0 bridgehead atoms. The van der Waals surface area contributed by atoms with Crippen LogP contribution in [0.15, 0.2) is 83.8 Å². The maximum Gasteiger partial charge on any atom is 0.298 e. The van der Waals surface area contributed by atoms with Crippen molar-refractivity contribution < 1.29 is 14.3 Å². The highest BCUT2D eigenvalue weighted by atomic mass is 35.5. The highest BCUT2D eigenvalue weighted by molar-refractivity contribution is 8.19. The van der Waals surface area contributed by atoms with E-state index >= 15 is 0 Å². The minimum Gasteiger partial charge on any atom is -0.489 e. The van der Waals surface area contributed by atoms with Crippen molar-refractivity contribution in [2.24, 2.45) is 0 Å². The number of carbonyl (C=O) groups is 2. The number of halogens is 2. The van der Waals surface area contributed by atoms with Gasteiger partial charge in [-0.25, -0.2) is 4.90 Å². The smallest absolute Gasteiger partial charge is 0.298 e. The van der Waals surface area contributed by atoms with E-state index in [4.69, 9.17) is 27.9 Å². The van der Waals surface area contributed by atoms with Crippen LogP contribution in [0.4, 0.5) is 10.5 Å². The number of aryl methyl sites for hydroxylation is 1. The summed E-state index contributed by atoms with van der Waals surface area (Å²) in [4.78, 5) is 27.2. The molecule has 3 aromatic carbocycles. The number of thioether (sulfide) groups is 1. The first kappa shape index (κ1) is 25.2. The second kappa shape index (κ2) is 10.5. The molecule has 8 heteroatoms. The van der Waals surface area contributed by atoms with Gasteiger partial charge >= 0.3 is 0 Å². The van der Waals surface area contributed by atoms with Crippen molar-refractivity contribution in [3.05, 3.63) is 116 Å². The summed E-state index contributed by atoms with van der Waals surface area (Å²) in [5.41, 5.74) is 5.24. The van der Waals surface area contributed by atoms with Crippen LogP contribution in [-0.4, -0.2) is 15.7 Å². The van der Waals surface area contributed by atoms with Crippen LogP contribution in [0.2, 0.25) is 10.0 Å². The summed E-state index contributed by atoms with van der Waals surface area (Å²) >= 11 is 13.2. The van der Waals surface area contributed by atoms with Gasteiger partial charge in [0.25, 0.3) is 11.1 Å². The summed E-state index contributed by atoms with van der Waals surface area (Å²) in [7, 11) is 0. The van der Waals surface area contributed by atoms with E-state index in [1.807, 2.05) is 56.3 Å². The van der Waals surface area contributed by atoms with E-state index in [1.165, 1.54) is 4.90 Å². The molecule has 37 heavy (non-hydrogen) atoms. The van der Waals surface area contributed by atoms with Crippen LogP contribution >= 0.6 is 35.0 Å². The molecule has 5 nitrogen and oxygen atoms in total. The average Bonchev–Trinajstić information content (AvgIpc) is 3.32. The van der Waals surface area contributed by atoms with Gasteiger partial charge in [0.2, 0.25) is 0 Å². The van der Waals surface area contributed by atoms with E-state index in [0.29, 0.717) is 33.0 Å². The maximum absolute atomic E-state index is 13.0. The van der Waals surface area contributed by atoms with Crippen molar-refractivity contribution in [2.75, 3.05) is 4.90 Å². The molecule has 1 aliphatic rings. The van der Waals surface area contributed by atoms with Crippen molar-refractivity contribution in [3.8, 4) is 11.4 Å². The fourth-order valence-electron chi connectivity index (χ4n) is 4.23. The third kappa shape index (κ3) is 5.18. The van der Waals surface area contributed by atoms with Crippen LogP contribution < -0.4 is 9.64 Å². The van der Waals surface area contributed by atoms with Gasteiger partial charge in [-0.05, 0) is 91.8 Å². The molecule has 4 aromatic rings. The fraction of sp³-hybridized carbons (Fsp3) is 0.103. The van der Waals surface area contributed by atoms with Gasteiger partial charge < -0.3 is 9.30 Å². The Morgan fingerprint density at radius 1 is 0.892 bits per heavy atom. The zero-order valence-corrected chi connectivity index (χ0v) is 22.4. The molecule has 0 N–H and O–H groups in total. The Morgan fingerprint density at radius 3 is 2.32 bits per heavy atom. The number of anilines is 1. The number of hydrogen-bond acceptors (Lipinski definition) is 4. The predicted octanol–water partition coefficient (Wildman–Crippen LogP) is 8.22. The van der Waals surface area contributed by atoms with Crippen molar-refractivity contribution in [1.82, 2.24) is 4.57 Å². The number of imide groups is 1. The maximum atomic E-state index is 13.0.